The summed E-state index contributed by atoms with van der Waals surface area (Å²) >= 11 is 0. The lowest BCUT2D eigenvalue weighted by Gasteiger charge is -2.17. The highest BCUT2D eigenvalue weighted by Gasteiger charge is 2.24. The van der Waals surface area contributed by atoms with Crippen molar-refractivity contribution in [2.45, 2.75) is 45.1 Å². The number of carbonyl (C=O) groups is 1. The molecule has 26 heavy (non-hydrogen) atoms. The number of anilines is 1. The second-order valence-electron chi connectivity index (χ2n) is 7.81. The molecule has 3 heterocycles. The molecule has 0 saturated carbocycles. The van der Waals surface area contributed by atoms with Gasteiger partial charge in [-0.05, 0) is 24.3 Å². The Hall–Kier alpha value is -2.29. The van der Waals surface area contributed by atoms with E-state index in [4.69, 9.17) is 0 Å². The molecule has 2 aromatic rings. The van der Waals surface area contributed by atoms with Crippen LogP contribution in [0.25, 0.3) is 0 Å². The van der Waals surface area contributed by atoms with E-state index in [0.29, 0.717) is 19.6 Å². The standard InChI is InChI=1S/C17H25N5O3S/c1-17(2,3)12-22-9-6-15(19-22)20-26(24,25)13-10-14(18-11-13)16(23)21-7-4-5-8-21/h6,9-11,18H,4-5,7-8,12H2,1-3H3,(H,19,20). The molecule has 0 atom stereocenters. The van der Waals surface area contributed by atoms with Crippen molar-refractivity contribution in [3.63, 3.8) is 0 Å². The average molecular weight is 379 g/mol. The summed E-state index contributed by atoms with van der Waals surface area (Å²) in [5.74, 6) is 0.0845. The minimum atomic E-state index is -3.81. The summed E-state index contributed by atoms with van der Waals surface area (Å²) in [4.78, 5) is 16.9. The van der Waals surface area contributed by atoms with Gasteiger partial charge in [0.05, 0.1) is 0 Å². The van der Waals surface area contributed by atoms with Crippen LogP contribution in [-0.2, 0) is 16.6 Å². The molecule has 0 unspecified atom stereocenters. The van der Waals surface area contributed by atoms with E-state index in [-0.39, 0.29) is 27.7 Å². The number of sulfonamides is 1. The van der Waals surface area contributed by atoms with E-state index >= 15 is 0 Å². The second kappa shape index (κ2) is 6.79. The van der Waals surface area contributed by atoms with Crippen molar-refractivity contribution in [2.24, 2.45) is 5.41 Å². The first-order valence-electron chi connectivity index (χ1n) is 8.68. The Labute approximate surface area is 153 Å². The van der Waals surface area contributed by atoms with Crippen LogP contribution in [-0.4, -0.2) is 47.1 Å². The number of hydrogen-bond donors (Lipinski definition) is 2. The van der Waals surface area contributed by atoms with Gasteiger partial charge in [0.1, 0.15) is 10.6 Å². The second-order valence-corrected chi connectivity index (χ2v) is 9.50. The molecule has 1 aliphatic heterocycles. The van der Waals surface area contributed by atoms with E-state index in [9.17, 15) is 13.2 Å². The van der Waals surface area contributed by atoms with Crippen LogP contribution in [0.3, 0.4) is 0 Å². The number of likely N-dealkylation sites (tertiary alicyclic amines) is 1. The Morgan fingerprint density at radius 3 is 2.65 bits per heavy atom. The zero-order valence-electron chi connectivity index (χ0n) is 15.3. The molecule has 1 aliphatic rings. The first-order valence-corrected chi connectivity index (χ1v) is 10.2. The van der Waals surface area contributed by atoms with Crippen LogP contribution in [0.4, 0.5) is 5.82 Å². The van der Waals surface area contributed by atoms with E-state index in [1.165, 1.54) is 12.3 Å². The van der Waals surface area contributed by atoms with Crippen LogP contribution in [0.5, 0.6) is 0 Å². The normalized spacial score (nSPS) is 15.4. The quantitative estimate of drug-likeness (QED) is 0.832. The van der Waals surface area contributed by atoms with Gasteiger partial charge in [-0.1, -0.05) is 20.8 Å². The molecule has 1 saturated heterocycles. The number of nitrogens with zero attached hydrogens (tertiary/aromatic N) is 3. The summed E-state index contributed by atoms with van der Waals surface area (Å²) in [6.07, 6.45) is 5.03. The third-order valence-corrected chi connectivity index (χ3v) is 5.44. The smallest absolute Gasteiger partial charge is 0.270 e. The molecule has 1 fully saturated rings. The third-order valence-electron chi connectivity index (χ3n) is 4.11. The largest absolute Gasteiger partial charge is 0.356 e. The molecule has 142 valence electrons. The molecule has 2 N–H and O–H groups in total. The molecule has 0 radical (unpaired) electrons. The first-order chi connectivity index (χ1) is 12.1. The van der Waals surface area contributed by atoms with Crippen molar-refractivity contribution in [3.8, 4) is 0 Å². The fourth-order valence-electron chi connectivity index (χ4n) is 2.93. The van der Waals surface area contributed by atoms with E-state index in [1.54, 1.807) is 21.8 Å². The van der Waals surface area contributed by atoms with Gasteiger partial charge in [-0.2, -0.15) is 5.10 Å². The maximum atomic E-state index is 12.5. The van der Waals surface area contributed by atoms with Gasteiger partial charge >= 0.3 is 0 Å². The molecule has 0 aromatic carbocycles. The van der Waals surface area contributed by atoms with Crippen molar-refractivity contribution in [2.75, 3.05) is 17.8 Å². The average Bonchev–Trinajstić information content (AvgIpc) is 3.26. The SMILES string of the molecule is CC(C)(C)Cn1ccc(NS(=O)(=O)c2c[nH]c(C(=O)N3CCCC3)c2)n1. The van der Waals surface area contributed by atoms with Gasteiger partial charge in [-0.25, -0.2) is 8.42 Å². The van der Waals surface area contributed by atoms with Crippen LogP contribution >= 0.6 is 0 Å². The predicted octanol–water partition coefficient (Wildman–Crippen LogP) is 2.29. The first kappa shape index (κ1) is 18.5. The fourth-order valence-corrected chi connectivity index (χ4v) is 3.92. The van der Waals surface area contributed by atoms with Gasteiger partial charge in [0.25, 0.3) is 15.9 Å². The molecule has 2 aromatic heterocycles. The molecular weight excluding hydrogens is 354 g/mol. The van der Waals surface area contributed by atoms with Gasteiger partial charge in [0.15, 0.2) is 5.82 Å². The van der Waals surface area contributed by atoms with Crippen LogP contribution < -0.4 is 4.72 Å². The maximum absolute atomic E-state index is 12.5. The molecule has 0 aliphatic carbocycles. The summed E-state index contributed by atoms with van der Waals surface area (Å²) in [7, 11) is -3.81. The molecule has 0 spiro atoms. The summed E-state index contributed by atoms with van der Waals surface area (Å²) in [6.45, 7) is 8.34. The van der Waals surface area contributed by atoms with Crippen LogP contribution in [0.1, 0.15) is 44.1 Å². The van der Waals surface area contributed by atoms with E-state index < -0.39 is 10.0 Å². The Bertz CT molecular complexity index is 886. The Morgan fingerprint density at radius 1 is 1.31 bits per heavy atom. The predicted molar refractivity (Wildman–Crippen MR) is 98.4 cm³/mol. The molecule has 8 nitrogen and oxygen atoms in total. The zero-order valence-corrected chi connectivity index (χ0v) is 16.1. The number of hydrogen-bond acceptors (Lipinski definition) is 4. The molecule has 3 rings (SSSR count). The molecular formula is C17H25N5O3S. The van der Waals surface area contributed by atoms with Gasteiger partial charge in [0.2, 0.25) is 0 Å². The Kier molecular flexibility index (Phi) is 4.83. The minimum Gasteiger partial charge on any atom is -0.356 e. The van der Waals surface area contributed by atoms with Crippen molar-refractivity contribution in [1.82, 2.24) is 19.7 Å². The van der Waals surface area contributed by atoms with Crippen LogP contribution in [0.15, 0.2) is 29.4 Å². The lowest BCUT2D eigenvalue weighted by Crippen LogP contribution is -2.27. The van der Waals surface area contributed by atoms with Gasteiger partial charge in [0, 0.05) is 38.1 Å². The van der Waals surface area contributed by atoms with Crippen molar-refractivity contribution in [1.29, 1.82) is 0 Å². The Balaban J connectivity index is 1.71. The summed E-state index contributed by atoms with van der Waals surface area (Å²) in [5, 5.41) is 4.25. The number of aromatic nitrogens is 3. The van der Waals surface area contributed by atoms with Crippen LogP contribution in [0, 0.1) is 5.41 Å². The molecule has 9 heteroatoms. The lowest BCUT2D eigenvalue weighted by molar-refractivity contribution is 0.0787. The van der Waals surface area contributed by atoms with Crippen molar-refractivity contribution >= 4 is 21.7 Å². The zero-order chi connectivity index (χ0) is 18.9. The Morgan fingerprint density at radius 2 is 2.00 bits per heavy atom. The molecule has 1 amide bonds. The monoisotopic (exact) mass is 379 g/mol. The number of nitrogens with one attached hydrogen (secondary N) is 2. The summed E-state index contributed by atoms with van der Waals surface area (Å²) in [5.41, 5.74) is 0.318. The van der Waals surface area contributed by atoms with E-state index in [0.717, 1.165) is 12.8 Å². The summed E-state index contributed by atoms with van der Waals surface area (Å²) < 4.78 is 29.3. The summed E-state index contributed by atoms with van der Waals surface area (Å²) in [6, 6.07) is 2.99. The topological polar surface area (TPSA) is 100 Å². The minimum absolute atomic E-state index is 0.0189. The number of rotatable bonds is 5. The van der Waals surface area contributed by atoms with Crippen molar-refractivity contribution < 1.29 is 13.2 Å². The maximum Gasteiger partial charge on any atom is 0.270 e. The highest BCUT2D eigenvalue weighted by molar-refractivity contribution is 7.92. The number of amides is 1. The van der Waals surface area contributed by atoms with E-state index in [1.807, 2.05) is 0 Å². The third kappa shape index (κ3) is 4.27. The number of carbonyl (C=O) groups excluding carboxylic acids is 1. The highest BCUT2D eigenvalue weighted by Crippen LogP contribution is 2.20. The molecule has 0 bridgehead atoms. The number of H-pyrrole nitrogens is 1. The highest BCUT2D eigenvalue weighted by atomic mass is 32.2. The number of aromatic amines is 1. The van der Waals surface area contributed by atoms with E-state index in [2.05, 4.69) is 35.6 Å². The van der Waals surface area contributed by atoms with Gasteiger partial charge < -0.3 is 9.88 Å². The van der Waals surface area contributed by atoms with Crippen molar-refractivity contribution in [3.05, 3.63) is 30.2 Å². The van der Waals surface area contributed by atoms with Gasteiger partial charge in [-0.15, -0.1) is 0 Å². The fraction of sp³-hybridized carbons (Fsp3) is 0.529. The lowest BCUT2D eigenvalue weighted by atomic mass is 9.97. The van der Waals surface area contributed by atoms with Crippen LogP contribution in [0.2, 0.25) is 0 Å². The van der Waals surface area contributed by atoms with Gasteiger partial charge in [-0.3, -0.25) is 14.2 Å².